The lowest BCUT2D eigenvalue weighted by atomic mass is 9.97. The molecule has 0 aliphatic rings. The number of carboxylic acid groups (broad SMARTS) is 1. The number of amides is 2. The molecule has 0 aliphatic heterocycles. The zero-order chi connectivity index (χ0) is 49.1. The molecule has 354 valence electrons. The Hall–Kier alpha value is -6.23. The fraction of sp³-hybridized carbons (Fsp3) is 0.317. The normalized spacial score (nSPS) is 11.5. The number of carbonyl (C=O) groups excluding carboxylic acids is 1. The number of aliphatic carboxylic acids is 1. The van der Waals surface area contributed by atoms with E-state index in [2.05, 4.69) is 30.4 Å². The van der Waals surface area contributed by atoms with Gasteiger partial charge in [0.25, 0.3) is 10.0 Å². The van der Waals surface area contributed by atoms with Crippen LogP contribution in [0.2, 0.25) is 15.1 Å². The SMILES string of the molecule is CC(C)Oc1cc(-n2nc(C(C)(C)C)oc2=O)c(Cl)cc1Cl.COc1nc(C)nc(NC(=O)NS(=O)(=O)c2ccccc2CCC(F)(F)F)n1.O=C(O)COc1ccc(Cl)c2cccnc12. The Kier molecular flexibility index (Phi) is 17.7. The molecule has 3 heterocycles. The van der Waals surface area contributed by atoms with Crippen molar-refractivity contribution >= 4 is 73.7 Å². The van der Waals surface area contributed by atoms with E-state index in [9.17, 15) is 36.0 Å². The predicted molar refractivity (Wildman–Crippen MR) is 238 cm³/mol. The fourth-order valence-electron chi connectivity index (χ4n) is 5.28. The Morgan fingerprint density at radius 3 is 2.26 bits per heavy atom. The van der Waals surface area contributed by atoms with Crippen molar-refractivity contribution in [1.82, 2.24) is 34.4 Å². The molecule has 0 saturated carbocycles. The monoisotopic (exact) mass is 1000 g/mol. The Labute approximate surface area is 390 Å². The lowest BCUT2D eigenvalue weighted by Gasteiger charge is -2.13. The summed E-state index contributed by atoms with van der Waals surface area (Å²) in [5.74, 6) is -0.505. The van der Waals surface area contributed by atoms with Crippen LogP contribution in [0.25, 0.3) is 16.6 Å². The van der Waals surface area contributed by atoms with Crippen LogP contribution in [0, 0.1) is 6.92 Å². The van der Waals surface area contributed by atoms with Gasteiger partial charge in [0.05, 0.1) is 38.9 Å². The third-order valence-electron chi connectivity index (χ3n) is 8.11. The van der Waals surface area contributed by atoms with Gasteiger partial charge in [-0.05, 0) is 69.2 Å². The van der Waals surface area contributed by atoms with E-state index in [1.54, 1.807) is 41.3 Å². The first-order valence-electron chi connectivity index (χ1n) is 19.2. The lowest BCUT2D eigenvalue weighted by Crippen LogP contribution is -2.35. The number of fused-ring (bicyclic) bond motifs is 1. The van der Waals surface area contributed by atoms with Gasteiger partial charge >= 0.3 is 29.9 Å². The van der Waals surface area contributed by atoms with Crippen LogP contribution in [0.5, 0.6) is 17.5 Å². The summed E-state index contributed by atoms with van der Waals surface area (Å²) in [7, 11) is -3.14. The number of benzene rings is 3. The number of sulfonamides is 1. The minimum atomic E-state index is -4.45. The predicted octanol–water partition coefficient (Wildman–Crippen LogP) is 8.76. The van der Waals surface area contributed by atoms with Crippen molar-refractivity contribution in [1.29, 1.82) is 0 Å². The van der Waals surface area contributed by atoms with Crippen molar-refractivity contribution in [2.45, 2.75) is 77.0 Å². The number of pyridine rings is 1. The maximum absolute atomic E-state index is 12.5. The molecule has 0 aliphatic carbocycles. The van der Waals surface area contributed by atoms with E-state index >= 15 is 0 Å². The number of hydrogen-bond donors (Lipinski definition) is 3. The van der Waals surface area contributed by atoms with Gasteiger partial charge in [0.15, 0.2) is 6.61 Å². The van der Waals surface area contributed by atoms with Crippen LogP contribution in [0.15, 0.2) is 81.0 Å². The van der Waals surface area contributed by atoms with Crippen molar-refractivity contribution in [3.63, 3.8) is 0 Å². The first-order chi connectivity index (χ1) is 30.8. The maximum Gasteiger partial charge on any atom is 0.442 e. The number of ether oxygens (including phenoxy) is 3. The molecule has 6 aromatic rings. The highest BCUT2D eigenvalue weighted by atomic mass is 35.5. The Bertz CT molecular complexity index is 2860. The molecular weight excluding hydrogens is 960 g/mol. The minimum absolute atomic E-state index is 0.0642. The van der Waals surface area contributed by atoms with E-state index in [1.165, 1.54) is 38.3 Å². The number of nitrogens with one attached hydrogen (secondary N) is 2. The Balaban J connectivity index is 0.000000224. The van der Waals surface area contributed by atoms with Crippen LogP contribution >= 0.6 is 34.8 Å². The van der Waals surface area contributed by atoms with Crippen LogP contribution < -0.4 is 30.0 Å². The number of alkyl halides is 3. The Morgan fingerprint density at radius 1 is 0.939 bits per heavy atom. The number of methoxy groups -OCH3 is 1. The van der Waals surface area contributed by atoms with Crippen molar-refractivity contribution < 1.29 is 54.9 Å². The highest BCUT2D eigenvalue weighted by Gasteiger charge is 2.29. The summed E-state index contributed by atoms with van der Waals surface area (Å²) >= 11 is 18.3. The number of aryl methyl sites for hydroxylation is 2. The Morgan fingerprint density at radius 2 is 1.64 bits per heavy atom. The summed E-state index contributed by atoms with van der Waals surface area (Å²) in [5, 5.41) is 16.8. The molecule has 2 amide bonds. The number of anilines is 1. The van der Waals surface area contributed by atoms with Gasteiger partial charge in [0.2, 0.25) is 11.8 Å². The molecule has 3 aromatic carbocycles. The number of urea groups is 1. The third kappa shape index (κ3) is 15.2. The first kappa shape index (κ1) is 52.4. The largest absolute Gasteiger partial charge is 0.489 e. The summed E-state index contributed by atoms with van der Waals surface area (Å²) in [6, 6.07) is 13.7. The second-order valence-corrected chi connectivity index (χ2v) is 17.7. The number of nitrogens with zero attached hydrogens (tertiary/aromatic N) is 6. The zero-order valence-electron chi connectivity index (χ0n) is 36.0. The molecular formula is C41H42Cl3F3N8O10S. The van der Waals surface area contributed by atoms with Crippen LogP contribution in [0.1, 0.15) is 58.3 Å². The van der Waals surface area contributed by atoms with Gasteiger partial charge in [-0.2, -0.15) is 32.8 Å². The van der Waals surface area contributed by atoms with E-state index in [0.717, 1.165) is 16.1 Å². The summed E-state index contributed by atoms with van der Waals surface area (Å²) in [4.78, 5) is 49.5. The molecule has 3 aromatic heterocycles. The second kappa shape index (κ2) is 22.3. The molecule has 6 rings (SSSR count). The standard InChI is InChI=1S/C15H18Cl2N2O3.C15H16F3N5O4S.C11H8ClNO3/c1-8(2)21-12-7-11(9(16)6-10(12)17)19-14(20)22-13(18-19)15(3,4)5;1-9-19-12(22-14(20-9)27-2)21-13(24)23-28(25,26)11-6-4-3-5-10(11)7-8-15(16,17)18;12-8-3-4-9(16-6-10(14)15)11-7(8)2-1-5-13-11/h6-8H,1-5H3;3-6H,7-8H2,1-2H3,(H2,19,20,21,22,23,24);1-5H,6H2,(H,14,15). The average molecular weight is 1000 g/mol. The van der Waals surface area contributed by atoms with Gasteiger partial charge in [0, 0.05) is 29.5 Å². The number of hydrogen-bond acceptors (Lipinski definition) is 14. The van der Waals surface area contributed by atoms with Crippen LogP contribution in [-0.4, -0.2) is 81.2 Å². The van der Waals surface area contributed by atoms with Gasteiger partial charge in [-0.25, -0.2) is 27.5 Å². The molecule has 0 fully saturated rings. The zero-order valence-corrected chi connectivity index (χ0v) is 39.1. The van der Waals surface area contributed by atoms with E-state index in [-0.39, 0.29) is 39.9 Å². The highest BCUT2D eigenvalue weighted by molar-refractivity contribution is 7.90. The molecule has 0 unspecified atom stereocenters. The molecule has 0 atom stereocenters. The first-order valence-corrected chi connectivity index (χ1v) is 21.8. The van der Waals surface area contributed by atoms with E-state index in [1.807, 2.05) is 34.6 Å². The number of rotatable bonds is 12. The summed E-state index contributed by atoms with van der Waals surface area (Å²) in [6.07, 6.45) is -4.66. The number of halogens is 6. The van der Waals surface area contributed by atoms with Gasteiger partial charge in [0.1, 0.15) is 22.8 Å². The summed E-state index contributed by atoms with van der Waals surface area (Å²) in [5.41, 5.74) is 0.473. The van der Waals surface area contributed by atoms with Gasteiger partial charge in [-0.1, -0.05) is 73.8 Å². The highest BCUT2D eigenvalue weighted by Crippen LogP contribution is 2.34. The molecule has 0 saturated heterocycles. The van der Waals surface area contributed by atoms with Gasteiger partial charge in [-0.15, -0.1) is 5.10 Å². The summed E-state index contributed by atoms with van der Waals surface area (Å²) in [6.45, 7) is 10.6. The smallest absolute Gasteiger partial charge is 0.442 e. The number of carboxylic acids is 1. The van der Waals surface area contributed by atoms with Crippen LogP contribution in [0.3, 0.4) is 0 Å². The van der Waals surface area contributed by atoms with Crippen molar-refractivity contribution in [3.05, 3.63) is 110 Å². The number of aromatic nitrogens is 6. The number of carbonyl (C=O) groups is 2. The van der Waals surface area contributed by atoms with Crippen LogP contribution in [0.4, 0.5) is 23.9 Å². The lowest BCUT2D eigenvalue weighted by molar-refractivity contribution is -0.139. The second-order valence-electron chi connectivity index (χ2n) is 14.8. The van der Waals surface area contributed by atoms with Crippen LogP contribution in [-0.2, 0) is 26.7 Å². The third-order valence-corrected chi connectivity index (χ3v) is 10.5. The molecule has 0 spiro atoms. The molecule has 0 bridgehead atoms. The minimum Gasteiger partial charge on any atom is -0.489 e. The topological polar surface area (TPSA) is 240 Å². The summed E-state index contributed by atoms with van der Waals surface area (Å²) < 4.78 is 85.8. The molecule has 0 radical (unpaired) electrons. The van der Waals surface area contributed by atoms with E-state index in [0.29, 0.717) is 38.6 Å². The van der Waals surface area contributed by atoms with Crippen molar-refractivity contribution in [3.8, 4) is 23.2 Å². The van der Waals surface area contributed by atoms with E-state index in [4.69, 9.17) is 58.5 Å². The van der Waals surface area contributed by atoms with Gasteiger partial charge < -0.3 is 23.7 Å². The quantitative estimate of drug-likeness (QED) is 0.104. The van der Waals surface area contributed by atoms with E-state index < -0.39 is 58.3 Å². The van der Waals surface area contributed by atoms with Crippen molar-refractivity contribution in [2.24, 2.45) is 0 Å². The molecule has 66 heavy (non-hydrogen) atoms. The van der Waals surface area contributed by atoms with Crippen molar-refractivity contribution in [2.75, 3.05) is 19.0 Å². The maximum atomic E-state index is 12.5. The molecule has 18 nitrogen and oxygen atoms in total. The fourth-order valence-corrected chi connectivity index (χ4v) is 7.18. The van der Waals surface area contributed by atoms with Gasteiger partial charge in [-0.3, -0.25) is 10.3 Å². The molecule has 25 heteroatoms. The average Bonchev–Trinajstić information content (AvgIpc) is 3.62. The molecule has 3 N–H and O–H groups in total.